The minimum atomic E-state index is -1.15. The van der Waals surface area contributed by atoms with E-state index in [4.69, 9.17) is 19.6 Å². The molecule has 0 spiro atoms. The van der Waals surface area contributed by atoms with Crippen LogP contribution in [0.2, 0.25) is 0 Å². The number of pyridine rings is 1. The molecule has 3 aromatic rings. The zero-order valence-corrected chi connectivity index (χ0v) is 24.3. The summed E-state index contributed by atoms with van der Waals surface area (Å²) in [6.45, 7) is 0.128. The smallest absolute Gasteiger partial charge is 0.322 e. The van der Waals surface area contributed by atoms with Crippen LogP contribution >= 0.6 is 0 Å². The number of aliphatic carboxylic acids is 1. The summed E-state index contributed by atoms with van der Waals surface area (Å²) in [5, 5.41) is 15.2. The zero-order valence-electron chi connectivity index (χ0n) is 24.3. The summed E-state index contributed by atoms with van der Waals surface area (Å²) in [6.07, 6.45) is 9.52. The molecule has 0 radical (unpaired) electrons. The predicted molar refractivity (Wildman–Crippen MR) is 163 cm³/mol. The number of unbranched alkanes of at least 4 members (excludes halogenated alkanes) is 2. The van der Waals surface area contributed by atoms with Crippen LogP contribution in [0.4, 0.5) is 4.79 Å². The second-order valence-corrected chi connectivity index (χ2v) is 11.0. The molecular weight excluding hydrogens is 548 g/mol. The Kier molecular flexibility index (Phi) is 9.76. The number of ether oxygens (including phenoxy) is 2. The van der Waals surface area contributed by atoms with E-state index >= 15 is 0 Å². The zero-order chi connectivity index (χ0) is 30.2. The fraction of sp³-hybridized carbons (Fsp3) is 0.394. The number of carboxylic acids is 1. The molecule has 10 heteroatoms. The summed E-state index contributed by atoms with van der Waals surface area (Å²) in [6, 6.07) is 15.9. The van der Waals surface area contributed by atoms with Gasteiger partial charge in [-0.1, -0.05) is 42.5 Å². The van der Waals surface area contributed by atoms with Crippen molar-refractivity contribution in [3.63, 3.8) is 0 Å². The first-order valence-corrected chi connectivity index (χ1v) is 14.8. The van der Waals surface area contributed by atoms with Crippen molar-refractivity contribution in [1.82, 2.24) is 20.5 Å². The van der Waals surface area contributed by atoms with E-state index in [2.05, 4.69) is 22.8 Å². The SMILES string of the molecule is COc1ccc2c(O[C@@H]3C[C@@H](C(=O)NCC(=O)O)N(C(=O)NCCCC/C=C\C4CC4)C3)cc(-c3ccccc3)nc2c1. The van der Waals surface area contributed by atoms with E-state index in [0.717, 1.165) is 36.1 Å². The fourth-order valence-electron chi connectivity index (χ4n) is 5.23. The van der Waals surface area contributed by atoms with Gasteiger partial charge in [-0.3, -0.25) is 9.59 Å². The van der Waals surface area contributed by atoms with Crippen molar-refractivity contribution < 1.29 is 29.0 Å². The van der Waals surface area contributed by atoms with Crippen LogP contribution < -0.4 is 20.1 Å². The molecule has 2 heterocycles. The lowest BCUT2D eigenvalue weighted by atomic mass is 10.1. The molecule has 5 rings (SSSR count). The molecule has 0 bridgehead atoms. The van der Waals surface area contributed by atoms with Crippen molar-refractivity contribution in [3.8, 4) is 22.8 Å². The van der Waals surface area contributed by atoms with Crippen LogP contribution in [0, 0.1) is 5.92 Å². The largest absolute Gasteiger partial charge is 0.497 e. The predicted octanol–water partition coefficient (Wildman–Crippen LogP) is 4.78. The summed E-state index contributed by atoms with van der Waals surface area (Å²) in [4.78, 5) is 43.6. The highest BCUT2D eigenvalue weighted by Gasteiger charge is 2.41. The molecule has 2 fully saturated rings. The molecule has 2 aliphatic rings. The molecular formula is C33H38N4O6. The van der Waals surface area contributed by atoms with E-state index in [1.807, 2.05) is 54.6 Å². The molecule has 2 atom stereocenters. The van der Waals surface area contributed by atoms with Crippen molar-refractivity contribution >= 4 is 28.8 Å². The number of allylic oxidation sites excluding steroid dienone is 2. The third-order valence-electron chi connectivity index (χ3n) is 7.69. The van der Waals surface area contributed by atoms with Gasteiger partial charge in [-0.05, 0) is 50.2 Å². The Bertz CT molecular complexity index is 1470. The molecule has 1 aromatic heterocycles. The average molecular weight is 587 g/mol. The second kappa shape index (κ2) is 14.0. The fourth-order valence-corrected chi connectivity index (χ4v) is 5.23. The van der Waals surface area contributed by atoms with Gasteiger partial charge < -0.3 is 30.1 Å². The van der Waals surface area contributed by atoms with E-state index in [0.29, 0.717) is 29.3 Å². The first kappa shape index (κ1) is 29.9. The lowest BCUT2D eigenvalue weighted by Crippen LogP contribution is -2.50. The molecule has 1 aliphatic carbocycles. The number of carbonyl (C=O) groups excluding carboxylic acids is 2. The molecule has 10 nitrogen and oxygen atoms in total. The van der Waals surface area contributed by atoms with Gasteiger partial charge in [0.2, 0.25) is 5.91 Å². The minimum Gasteiger partial charge on any atom is -0.497 e. The third kappa shape index (κ3) is 8.03. The molecule has 43 heavy (non-hydrogen) atoms. The minimum absolute atomic E-state index is 0.168. The lowest BCUT2D eigenvalue weighted by Gasteiger charge is -2.23. The number of likely N-dealkylation sites (tertiary alicyclic amines) is 1. The molecule has 1 saturated carbocycles. The number of nitrogens with one attached hydrogen (secondary N) is 2. The standard InChI is InChI=1S/C33H38N4O6/c1-42-24-14-15-26-28(17-24)36-27(23-10-6-4-7-11-23)19-30(26)43-25-18-29(32(40)35-20-31(38)39)37(21-25)33(41)34-16-8-3-2-5-9-22-12-13-22/h4-7,9-11,14-15,17,19,22,25,29H,2-3,8,12-13,16,18,20-21H2,1H3,(H,34,41)(H,35,40)(H,38,39)/b9-5-/t25-,29+/m1/s1. The quantitative estimate of drug-likeness (QED) is 0.194. The third-order valence-corrected chi connectivity index (χ3v) is 7.69. The van der Waals surface area contributed by atoms with E-state index in [1.165, 1.54) is 17.7 Å². The second-order valence-electron chi connectivity index (χ2n) is 11.0. The Labute approximate surface area is 251 Å². The Morgan fingerprint density at radius 2 is 1.88 bits per heavy atom. The number of hydrogen-bond acceptors (Lipinski definition) is 6. The maximum Gasteiger partial charge on any atom is 0.322 e. The number of hydrogen-bond donors (Lipinski definition) is 3. The first-order chi connectivity index (χ1) is 20.9. The topological polar surface area (TPSA) is 130 Å². The lowest BCUT2D eigenvalue weighted by molar-refractivity contribution is -0.138. The van der Waals surface area contributed by atoms with Crippen LogP contribution in [0.5, 0.6) is 11.5 Å². The highest BCUT2D eigenvalue weighted by Crippen LogP contribution is 2.34. The van der Waals surface area contributed by atoms with Crippen molar-refractivity contribution in [2.24, 2.45) is 5.92 Å². The Morgan fingerprint density at radius 3 is 2.63 bits per heavy atom. The summed E-state index contributed by atoms with van der Waals surface area (Å²) in [7, 11) is 1.60. The Morgan fingerprint density at radius 1 is 1.07 bits per heavy atom. The number of carboxylic acid groups (broad SMARTS) is 1. The number of fused-ring (bicyclic) bond motifs is 1. The summed E-state index contributed by atoms with van der Waals surface area (Å²) >= 11 is 0. The average Bonchev–Trinajstić information content (AvgIpc) is 3.75. The summed E-state index contributed by atoms with van der Waals surface area (Å²) in [5.41, 5.74) is 2.32. The number of carbonyl (C=O) groups is 3. The first-order valence-electron chi connectivity index (χ1n) is 14.8. The normalized spacial score (nSPS) is 18.1. The van der Waals surface area contributed by atoms with Gasteiger partial charge >= 0.3 is 12.0 Å². The maximum absolute atomic E-state index is 13.2. The molecule has 0 unspecified atom stereocenters. The number of amides is 3. The van der Waals surface area contributed by atoms with Gasteiger partial charge in [-0.15, -0.1) is 0 Å². The number of benzene rings is 2. The number of methoxy groups -OCH3 is 1. The highest BCUT2D eigenvalue weighted by atomic mass is 16.5. The number of urea groups is 1. The molecule has 1 aliphatic heterocycles. The molecule has 3 N–H and O–H groups in total. The monoisotopic (exact) mass is 586 g/mol. The molecule has 3 amide bonds. The van der Waals surface area contributed by atoms with Crippen LogP contribution in [0.15, 0.2) is 66.7 Å². The van der Waals surface area contributed by atoms with Crippen LogP contribution in [0.3, 0.4) is 0 Å². The van der Waals surface area contributed by atoms with Gasteiger partial charge in [-0.2, -0.15) is 0 Å². The molecule has 2 aromatic carbocycles. The number of rotatable bonds is 13. The van der Waals surface area contributed by atoms with Crippen molar-refractivity contribution in [2.75, 3.05) is 26.7 Å². The van der Waals surface area contributed by atoms with E-state index < -0.39 is 30.6 Å². The van der Waals surface area contributed by atoms with Crippen molar-refractivity contribution in [1.29, 1.82) is 0 Å². The van der Waals surface area contributed by atoms with Crippen LogP contribution in [0.1, 0.15) is 38.5 Å². The van der Waals surface area contributed by atoms with E-state index in [1.54, 1.807) is 7.11 Å². The van der Waals surface area contributed by atoms with Crippen molar-refractivity contribution in [3.05, 3.63) is 66.7 Å². The summed E-state index contributed by atoms with van der Waals surface area (Å²) < 4.78 is 11.9. The van der Waals surface area contributed by atoms with Gasteiger partial charge in [0.25, 0.3) is 0 Å². The van der Waals surface area contributed by atoms with Crippen LogP contribution in [-0.2, 0) is 9.59 Å². The van der Waals surface area contributed by atoms with Gasteiger partial charge in [0, 0.05) is 36.0 Å². The van der Waals surface area contributed by atoms with E-state index in [9.17, 15) is 14.4 Å². The van der Waals surface area contributed by atoms with Crippen LogP contribution in [0.25, 0.3) is 22.2 Å². The van der Waals surface area contributed by atoms with Crippen LogP contribution in [-0.4, -0.2) is 71.8 Å². The highest BCUT2D eigenvalue weighted by molar-refractivity contribution is 5.90. The van der Waals surface area contributed by atoms with Gasteiger partial charge in [0.15, 0.2) is 0 Å². The number of nitrogens with zero attached hydrogens (tertiary/aromatic N) is 2. The molecule has 226 valence electrons. The van der Waals surface area contributed by atoms with E-state index in [-0.39, 0.29) is 19.0 Å². The molecule has 1 saturated heterocycles. The summed E-state index contributed by atoms with van der Waals surface area (Å²) in [5.74, 6) is 0.310. The van der Waals surface area contributed by atoms with Gasteiger partial charge in [-0.25, -0.2) is 9.78 Å². The van der Waals surface area contributed by atoms with Gasteiger partial charge in [0.05, 0.1) is 24.9 Å². The maximum atomic E-state index is 13.2. The Balaban J connectivity index is 1.31. The van der Waals surface area contributed by atoms with Gasteiger partial charge in [0.1, 0.15) is 30.2 Å². The number of aromatic nitrogens is 1. The Hall–Kier alpha value is -4.60. The van der Waals surface area contributed by atoms with Crippen molar-refractivity contribution in [2.45, 2.75) is 50.7 Å².